The lowest BCUT2D eigenvalue weighted by molar-refractivity contribution is -0.109. The fourth-order valence-electron chi connectivity index (χ4n) is 1.57. The van der Waals surface area contributed by atoms with Crippen molar-refractivity contribution in [2.75, 3.05) is 5.32 Å². The van der Waals surface area contributed by atoms with Crippen molar-refractivity contribution in [2.24, 2.45) is 0 Å². The van der Waals surface area contributed by atoms with E-state index in [1.807, 2.05) is 24.3 Å². The van der Waals surface area contributed by atoms with Gasteiger partial charge in [0.25, 0.3) is 0 Å². The molecule has 1 unspecified atom stereocenters. The summed E-state index contributed by atoms with van der Waals surface area (Å²) in [5, 5.41) is 10.9. The SMILES string of the molecule is CC1(C=O)C=CC(=N)c2ccccc2N1. The van der Waals surface area contributed by atoms with Crippen LogP contribution in [0.1, 0.15) is 12.5 Å². The second kappa shape index (κ2) is 3.35. The second-order valence-electron chi connectivity index (χ2n) is 3.82. The molecule has 2 N–H and O–H groups in total. The highest BCUT2D eigenvalue weighted by Crippen LogP contribution is 2.24. The first-order chi connectivity index (χ1) is 7.14. The van der Waals surface area contributed by atoms with Gasteiger partial charge in [0.1, 0.15) is 11.8 Å². The molecule has 0 radical (unpaired) electrons. The molecule has 1 aliphatic heterocycles. The molecule has 0 spiro atoms. The summed E-state index contributed by atoms with van der Waals surface area (Å²) in [5.74, 6) is 0. The topological polar surface area (TPSA) is 53.0 Å². The number of para-hydroxylation sites is 1. The van der Waals surface area contributed by atoms with E-state index in [1.54, 1.807) is 19.1 Å². The average molecular weight is 200 g/mol. The van der Waals surface area contributed by atoms with Crippen molar-refractivity contribution in [3.63, 3.8) is 0 Å². The van der Waals surface area contributed by atoms with Gasteiger partial charge < -0.3 is 15.5 Å². The van der Waals surface area contributed by atoms with E-state index in [2.05, 4.69) is 5.32 Å². The van der Waals surface area contributed by atoms with Crippen LogP contribution in [0.5, 0.6) is 0 Å². The van der Waals surface area contributed by atoms with Crippen LogP contribution in [-0.4, -0.2) is 17.5 Å². The molecule has 0 bridgehead atoms. The normalized spacial score (nSPS) is 23.9. The van der Waals surface area contributed by atoms with Crippen LogP contribution in [0.2, 0.25) is 0 Å². The zero-order chi connectivity index (χ0) is 10.9. The molecule has 0 amide bonds. The molecule has 1 heterocycles. The summed E-state index contributed by atoms with van der Waals surface area (Å²) < 4.78 is 0. The number of benzene rings is 1. The van der Waals surface area contributed by atoms with Gasteiger partial charge in [0.05, 0.1) is 5.71 Å². The third-order valence-electron chi connectivity index (χ3n) is 2.46. The molecule has 1 aromatic carbocycles. The van der Waals surface area contributed by atoms with E-state index >= 15 is 0 Å². The Morgan fingerprint density at radius 1 is 1.40 bits per heavy atom. The molecule has 15 heavy (non-hydrogen) atoms. The van der Waals surface area contributed by atoms with Crippen LogP contribution in [0.3, 0.4) is 0 Å². The van der Waals surface area contributed by atoms with E-state index in [9.17, 15) is 4.79 Å². The van der Waals surface area contributed by atoms with Gasteiger partial charge in [-0.3, -0.25) is 0 Å². The molecule has 3 nitrogen and oxygen atoms in total. The lowest BCUT2D eigenvalue weighted by Crippen LogP contribution is -2.33. The molecule has 1 aromatic rings. The number of carbonyl (C=O) groups is 1. The van der Waals surface area contributed by atoms with Gasteiger partial charge in [-0.05, 0) is 19.1 Å². The second-order valence-corrected chi connectivity index (χ2v) is 3.82. The average Bonchev–Trinajstić information content (AvgIpc) is 2.38. The number of nitrogens with one attached hydrogen (secondary N) is 2. The minimum Gasteiger partial charge on any atom is -0.370 e. The Morgan fingerprint density at radius 3 is 2.87 bits per heavy atom. The minimum absolute atomic E-state index is 0.420. The van der Waals surface area contributed by atoms with Gasteiger partial charge in [-0.25, -0.2) is 0 Å². The van der Waals surface area contributed by atoms with Crippen molar-refractivity contribution in [3.8, 4) is 0 Å². The van der Waals surface area contributed by atoms with Gasteiger partial charge in [0, 0.05) is 11.3 Å². The Morgan fingerprint density at radius 2 is 2.13 bits per heavy atom. The summed E-state index contributed by atoms with van der Waals surface area (Å²) in [7, 11) is 0. The predicted molar refractivity (Wildman–Crippen MR) is 60.5 cm³/mol. The zero-order valence-corrected chi connectivity index (χ0v) is 8.45. The van der Waals surface area contributed by atoms with Gasteiger partial charge in [0.15, 0.2) is 0 Å². The molecular weight excluding hydrogens is 188 g/mol. The Labute approximate surface area is 88.3 Å². The summed E-state index contributed by atoms with van der Waals surface area (Å²) in [5.41, 5.74) is 1.34. The summed E-state index contributed by atoms with van der Waals surface area (Å²) in [4.78, 5) is 11.0. The first-order valence-electron chi connectivity index (χ1n) is 4.76. The van der Waals surface area contributed by atoms with Crippen LogP contribution in [0.25, 0.3) is 0 Å². The number of hydrogen-bond donors (Lipinski definition) is 2. The number of aldehydes is 1. The van der Waals surface area contributed by atoms with E-state index in [-0.39, 0.29) is 0 Å². The maximum atomic E-state index is 11.0. The molecule has 2 rings (SSSR count). The lowest BCUT2D eigenvalue weighted by Gasteiger charge is -2.21. The third-order valence-corrected chi connectivity index (χ3v) is 2.46. The van der Waals surface area contributed by atoms with E-state index in [1.165, 1.54) is 0 Å². The van der Waals surface area contributed by atoms with Gasteiger partial charge in [-0.15, -0.1) is 0 Å². The van der Waals surface area contributed by atoms with E-state index in [0.29, 0.717) is 5.71 Å². The zero-order valence-electron chi connectivity index (χ0n) is 8.45. The first-order valence-corrected chi connectivity index (χ1v) is 4.76. The summed E-state index contributed by atoms with van der Waals surface area (Å²) in [6.45, 7) is 1.78. The van der Waals surface area contributed by atoms with Crippen molar-refractivity contribution < 1.29 is 4.79 Å². The Bertz CT molecular complexity index is 451. The first kappa shape index (κ1) is 9.65. The standard InChI is InChI=1S/C12H12N2O/c1-12(8-15)7-6-10(13)9-4-2-3-5-11(9)14-12/h2-8,13-14H,1H3. The number of hydrogen-bond acceptors (Lipinski definition) is 3. The molecular formula is C12H12N2O. The van der Waals surface area contributed by atoms with Crippen LogP contribution in [0.15, 0.2) is 36.4 Å². The monoisotopic (exact) mass is 200 g/mol. The molecule has 0 aromatic heterocycles. The van der Waals surface area contributed by atoms with Crippen LogP contribution in [0.4, 0.5) is 5.69 Å². The van der Waals surface area contributed by atoms with Crippen molar-refractivity contribution in [1.29, 1.82) is 5.41 Å². The van der Waals surface area contributed by atoms with Crippen LogP contribution in [-0.2, 0) is 4.79 Å². The number of fused-ring (bicyclic) bond motifs is 1. The quantitative estimate of drug-likeness (QED) is 0.681. The van der Waals surface area contributed by atoms with Crippen LogP contribution < -0.4 is 5.32 Å². The van der Waals surface area contributed by atoms with Crippen LogP contribution >= 0.6 is 0 Å². The third kappa shape index (κ3) is 1.68. The highest BCUT2D eigenvalue weighted by atomic mass is 16.1. The highest BCUT2D eigenvalue weighted by Gasteiger charge is 2.23. The maximum Gasteiger partial charge on any atom is 0.149 e. The van der Waals surface area contributed by atoms with Crippen molar-refractivity contribution >= 4 is 17.7 Å². The molecule has 0 saturated heterocycles. The van der Waals surface area contributed by atoms with E-state index < -0.39 is 5.54 Å². The Hall–Kier alpha value is -1.90. The fourth-order valence-corrected chi connectivity index (χ4v) is 1.57. The Balaban J connectivity index is 2.55. The molecule has 3 heteroatoms. The largest absolute Gasteiger partial charge is 0.370 e. The molecule has 1 aliphatic rings. The number of allylic oxidation sites excluding steroid dienone is 1. The molecule has 76 valence electrons. The highest BCUT2D eigenvalue weighted by molar-refractivity contribution is 6.11. The predicted octanol–water partition coefficient (Wildman–Crippen LogP) is 1.99. The van der Waals surface area contributed by atoms with Crippen molar-refractivity contribution in [3.05, 3.63) is 42.0 Å². The Kier molecular flexibility index (Phi) is 2.15. The molecule has 0 fully saturated rings. The fraction of sp³-hybridized carbons (Fsp3) is 0.167. The van der Waals surface area contributed by atoms with Gasteiger partial charge in [-0.2, -0.15) is 0 Å². The summed E-state index contributed by atoms with van der Waals surface area (Å²) in [6, 6.07) is 7.51. The molecule has 0 aliphatic carbocycles. The van der Waals surface area contributed by atoms with Crippen molar-refractivity contribution in [2.45, 2.75) is 12.5 Å². The summed E-state index contributed by atoms with van der Waals surface area (Å²) in [6.07, 6.45) is 4.22. The van der Waals surface area contributed by atoms with Gasteiger partial charge in [0.2, 0.25) is 0 Å². The van der Waals surface area contributed by atoms with Gasteiger partial charge >= 0.3 is 0 Å². The number of rotatable bonds is 1. The van der Waals surface area contributed by atoms with E-state index in [0.717, 1.165) is 17.5 Å². The van der Waals surface area contributed by atoms with Crippen LogP contribution in [0, 0.1) is 5.41 Å². The van der Waals surface area contributed by atoms with Crippen molar-refractivity contribution in [1.82, 2.24) is 0 Å². The summed E-state index contributed by atoms with van der Waals surface area (Å²) >= 11 is 0. The lowest BCUT2D eigenvalue weighted by atomic mass is 10.0. The van der Waals surface area contributed by atoms with Gasteiger partial charge in [-0.1, -0.05) is 24.3 Å². The maximum absolute atomic E-state index is 11.0. The number of anilines is 1. The number of carbonyl (C=O) groups excluding carboxylic acids is 1. The smallest absolute Gasteiger partial charge is 0.149 e. The van der Waals surface area contributed by atoms with E-state index in [4.69, 9.17) is 5.41 Å². The minimum atomic E-state index is -0.723. The molecule has 1 atom stereocenters. The molecule has 0 saturated carbocycles.